The largest absolute Gasteiger partial charge is 0.416 e. The van der Waals surface area contributed by atoms with Crippen LogP contribution in [-0.4, -0.2) is 42.0 Å². The first kappa shape index (κ1) is 31.1. The highest BCUT2D eigenvalue weighted by Gasteiger charge is 2.51. The maximum Gasteiger partial charge on any atom is 0.416 e. The summed E-state index contributed by atoms with van der Waals surface area (Å²) in [5.74, 6) is -2.76. The molecule has 1 aliphatic carbocycles. The van der Waals surface area contributed by atoms with Crippen LogP contribution in [0.3, 0.4) is 0 Å². The van der Waals surface area contributed by atoms with Crippen LogP contribution in [0, 0.1) is 31.5 Å². The second-order valence-corrected chi connectivity index (χ2v) is 12.6. The molecule has 3 fully saturated rings. The van der Waals surface area contributed by atoms with Gasteiger partial charge in [0.1, 0.15) is 5.82 Å². The minimum atomic E-state index is -4.58. The van der Waals surface area contributed by atoms with Gasteiger partial charge in [-0.1, -0.05) is 43.2 Å². The van der Waals surface area contributed by atoms with Crippen LogP contribution < -0.4 is 10.6 Å². The summed E-state index contributed by atoms with van der Waals surface area (Å²) in [5, 5.41) is 6.26. The van der Waals surface area contributed by atoms with Crippen molar-refractivity contribution in [1.29, 1.82) is 0 Å². The molecule has 3 aromatic rings. The van der Waals surface area contributed by atoms with Gasteiger partial charge in [0, 0.05) is 23.3 Å². The maximum absolute atomic E-state index is 15.2. The van der Waals surface area contributed by atoms with Gasteiger partial charge in [0.05, 0.1) is 42.3 Å². The number of ether oxygens (including phenoxy) is 1. The average Bonchev–Trinajstić information content (AvgIpc) is 3.69. The number of nitrogens with zero attached hydrogens (tertiary/aromatic N) is 1. The molecule has 238 valence electrons. The number of benzene rings is 3. The monoisotopic (exact) mass is 623 g/mol. The summed E-state index contributed by atoms with van der Waals surface area (Å²) in [6.07, 6.45) is 0.307. The van der Waals surface area contributed by atoms with E-state index in [2.05, 4.69) is 10.6 Å². The number of alkyl halides is 3. The van der Waals surface area contributed by atoms with Crippen molar-refractivity contribution in [2.24, 2.45) is 11.8 Å². The number of piperidine rings is 1. The number of fused-ring (bicyclic) bond motifs is 1. The number of amides is 2. The van der Waals surface area contributed by atoms with Gasteiger partial charge in [-0.25, -0.2) is 4.39 Å². The van der Waals surface area contributed by atoms with Gasteiger partial charge in [-0.2, -0.15) is 13.2 Å². The van der Waals surface area contributed by atoms with Gasteiger partial charge in [-0.15, -0.1) is 0 Å². The molecule has 2 N–H and O–H groups in total. The summed E-state index contributed by atoms with van der Waals surface area (Å²) in [7, 11) is 0. The van der Waals surface area contributed by atoms with Crippen molar-refractivity contribution in [2.75, 3.05) is 23.8 Å². The zero-order valence-corrected chi connectivity index (χ0v) is 25.3. The minimum Gasteiger partial charge on any atom is -0.382 e. The predicted molar refractivity (Wildman–Crippen MR) is 163 cm³/mol. The molecule has 2 aliphatic heterocycles. The van der Waals surface area contributed by atoms with Crippen LogP contribution in [0.2, 0.25) is 0 Å². The molecular formula is C35H37F4N3O3. The molecule has 10 heteroatoms. The van der Waals surface area contributed by atoms with Gasteiger partial charge in [0.15, 0.2) is 0 Å². The van der Waals surface area contributed by atoms with E-state index in [1.54, 1.807) is 24.0 Å². The molecular weight excluding hydrogens is 586 g/mol. The maximum atomic E-state index is 15.2. The van der Waals surface area contributed by atoms with Crippen LogP contribution in [-0.2, 0) is 15.7 Å². The Hall–Kier alpha value is -3.92. The minimum absolute atomic E-state index is 0.0143. The number of carbonyl (C=O) groups excluding carboxylic acids is 2. The molecule has 0 aromatic heterocycles. The average molecular weight is 624 g/mol. The number of likely N-dealkylation sites (tertiary alicyclic amines) is 1. The van der Waals surface area contributed by atoms with E-state index in [0.29, 0.717) is 30.2 Å². The quantitative estimate of drug-likeness (QED) is 0.277. The van der Waals surface area contributed by atoms with Crippen LogP contribution in [0.25, 0.3) is 0 Å². The lowest BCUT2D eigenvalue weighted by Gasteiger charge is -2.47. The lowest BCUT2D eigenvalue weighted by atomic mass is 9.76. The lowest BCUT2D eigenvalue weighted by molar-refractivity contribution is -0.138. The Bertz CT molecular complexity index is 1550. The Labute approximate surface area is 260 Å². The summed E-state index contributed by atoms with van der Waals surface area (Å²) in [6.45, 7) is 3.59. The number of nitrogens with one attached hydrogen (secondary N) is 2. The lowest BCUT2D eigenvalue weighted by Crippen LogP contribution is -2.55. The van der Waals surface area contributed by atoms with Gasteiger partial charge in [0.2, 0.25) is 5.91 Å². The molecule has 2 amide bonds. The van der Waals surface area contributed by atoms with Gasteiger partial charge >= 0.3 is 6.18 Å². The standard InChI is InChI=1S/C35H37F4N3O3/c1-20-10-13-26(17-28(20)35(37,38)39)41-33(43)27-16-23-18-45-19-30(23)42(34(44)31-21(2)6-5-9-29(31)36)32(27)22-11-14-25(15-12-22)40-24-7-3-4-8-24/h5-6,9-15,17,23-24,27,30,32,40H,3-4,7-8,16,18-19H2,1-2H3,(H,41,43)/t23?,27?,30?,32-/m1/s1. The summed E-state index contributed by atoms with van der Waals surface area (Å²) in [5.41, 5.74) is 1.23. The van der Waals surface area contributed by atoms with E-state index in [4.69, 9.17) is 4.74 Å². The van der Waals surface area contributed by atoms with E-state index in [1.807, 2.05) is 24.3 Å². The second-order valence-electron chi connectivity index (χ2n) is 12.6. The van der Waals surface area contributed by atoms with Crippen molar-refractivity contribution in [1.82, 2.24) is 4.90 Å². The van der Waals surface area contributed by atoms with Gasteiger partial charge in [0.25, 0.3) is 5.91 Å². The molecule has 0 spiro atoms. The van der Waals surface area contributed by atoms with Crippen LogP contribution in [0.4, 0.5) is 28.9 Å². The molecule has 3 aromatic carbocycles. The molecule has 6 rings (SSSR count). The fourth-order valence-electron chi connectivity index (χ4n) is 7.25. The molecule has 2 saturated heterocycles. The molecule has 6 nitrogen and oxygen atoms in total. The second kappa shape index (κ2) is 12.5. The zero-order chi connectivity index (χ0) is 31.9. The first-order valence-electron chi connectivity index (χ1n) is 15.5. The summed E-state index contributed by atoms with van der Waals surface area (Å²) < 4.78 is 62.0. The fourth-order valence-corrected chi connectivity index (χ4v) is 7.25. The summed E-state index contributed by atoms with van der Waals surface area (Å²) in [4.78, 5) is 30.0. The van der Waals surface area contributed by atoms with Crippen molar-refractivity contribution >= 4 is 23.2 Å². The first-order chi connectivity index (χ1) is 21.5. The van der Waals surface area contributed by atoms with E-state index < -0.39 is 47.4 Å². The van der Waals surface area contributed by atoms with Crippen LogP contribution in [0.5, 0.6) is 0 Å². The first-order valence-corrected chi connectivity index (χ1v) is 15.5. The Balaban J connectivity index is 1.39. The molecule has 0 radical (unpaired) electrons. The molecule has 1 saturated carbocycles. The van der Waals surface area contributed by atoms with Crippen LogP contribution in [0.15, 0.2) is 60.7 Å². The Morgan fingerprint density at radius 3 is 2.31 bits per heavy atom. The number of halogens is 4. The van der Waals surface area contributed by atoms with Crippen LogP contribution >= 0.6 is 0 Å². The van der Waals surface area contributed by atoms with Crippen molar-refractivity contribution < 1.29 is 31.9 Å². The third-order valence-electron chi connectivity index (χ3n) is 9.56. The Morgan fingerprint density at radius 1 is 0.911 bits per heavy atom. The van der Waals surface area contributed by atoms with E-state index in [0.717, 1.165) is 24.6 Å². The number of carbonyl (C=O) groups is 2. The smallest absolute Gasteiger partial charge is 0.382 e. The van der Waals surface area contributed by atoms with E-state index >= 15 is 4.39 Å². The molecule has 3 unspecified atom stereocenters. The number of hydrogen-bond donors (Lipinski definition) is 2. The van der Waals surface area contributed by atoms with Crippen molar-refractivity contribution in [3.8, 4) is 0 Å². The number of anilines is 2. The van der Waals surface area contributed by atoms with Gasteiger partial charge in [-0.3, -0.25) is 9.59 Å². The topological polar surface area (TPSA) is 70.7 Å². The highest BCUT2D eigenvalue weighted by molar-refractivity contribution is 5.98. The third-order valence-corrected chi connectivity index (χ3v) is 9.56. The SMILES string of the molecule is Cc1ccc(NC(=O)C2CC3COCC3N(C(=O)c3c(C)cccc3F)[C@@H]2c2ccc(NC3CCCC3)cc2)cc1C(F)(F)F. The fraction of sp³-hybridized carbons (Fsp3) is 0.429. The van der Waals surface area contributed by atoms with E-state index in [1.165, 1.54) is 38.0 Å². The van der Waals surface area contributed by atoms with E-state index in [-0.39, 0.29) is 29.3 Å². The van der Waals surface area contributed by atoms with Crippen LogP contribution in [0.1, 0.15) is 70.8 Å². The molecule has 4 atom stereocenters. The summed E-state index contributed by atoms with van der Waals surface area (Å²) in [6, 6.07) is 14.9. The Morgan fingerprint density at radius 2 is 1.62 bits per heavy atom. The number of rotatable bonds is 6. The number of hydrogen-bond acceptors (Lipinski definition) is 4. The highest BCUT2D eigenvalue weighted by atomic mass is 19.4. The highest BCUT2D eigenvalue weighted by Crippen LogP contribution is 2.46. The van der Waals surface area contributed by atoms with Crippen molar-refractivity contribution in [3.63, 3.8) is 0 Å². The molecule has 2 heterocycles. The molecule has 3 aliphatic rings. The number of aryl methyl sites for hydroxylation is 2. The van der Waals surface area contributed by atoms with Crippen molar-refractivity contribution in [3.05, 3.63) is 94.3 Å². The zero-order valence-electron chi connectivity index (χ0n) is 25.3. The molecule has 0 bridgehead atoms. The van der Waals surface area contributed by atoms with Gasteiger partial charge in [-0.05, 0) is 80.1 Å². The van der Waals surface area contributed by atoms with Gasteiger partial charge < -0.3 is 20.3 Å². The summed E-state index contributed by atoms with van der Waals surface area (Å²) >= 11 is 0. The van der Waals surface area contributed by atoms with E-state index in [9.17, 15) is 22.8 Å². The predicted octanol–water partition coefficient (Wildman–Crippen LogP) is 7.67. The third kappa shape index (κ3) is 6.30. The molecule has 45 heavy (non-hydrogen) atoms. The Kier molecular flexibility index (Phi) is 8.61. The normalized spacial score (nSPS) is 23.6. The van der Waals surface area contributed by atoms with Crippen molar-refractivity contribution in [2.45, 2.75) is 70.3 Å².